The Hall–Kier alpha value is -1.91. The van der Waals surface area contributed by atoms with Crippen molar-refractivity contribution in [3.8, 4) is 0 Å². The molecule has 1 aromatic rings. The van der Waals surface area contributed by atoms with Crippen molar-refractivity contribution < 1.29 is 18.7 Å². The first kappa shape index (κ1) is 28.3. The molecule has 192 valence electrons. The monoisotopic (exact) mass is 475 g/mol. The first-order chi connectivity index (χ1) is 16.6. The lowest BCUT2D eigenvalue weighted by atomic mass is 10.0. The van der Waals surface area contributed by atoms with Crippen LogP contribution >= 0.6 is 0 Å². The number of rotatable bonds is 18. The number of carbonyl (C=O) groups is 2. The molecular weight excluding hydrogens is 429 g/mol. The first-order valence-electron chi connectivity index (χ1n) is 13.9. The van der Waals surface area contributed by atoms with E-state index >= 15 is 0 Å². The highest BCUT2D eigenvalue weighted by Crippen LogP contribution is 2.22. The topological polar surface area (TPSA) is 46.6 Å². The number of esters is 1. The molecular formula is C29H46FNO3. The Morgan fingerprint density at radius 2 is 1.32 bits per heavy atom. The smallest absolute Gasteiger partial charge is 0.328 e. The van der Waals surface area contributed by atoms with E-state index in [2.05, 4.69) is 6.92 Å². The number of amides is 1. The second kappa shape index (κ2) is 17.5. The van der Waals surface area contributed by atoms with Gasteiger partial charge in [0, 0.05) is 12.1 Å². The largest absolute Gasteiger partial charge is 0.464 e. The maximum Gasteiger partial charge on any atom is 0.328 e. The lowest BCUT2D eigenvalue weighted by Gasteiger charge is -2.23. The molecule has 1 unspecified atom stereocenters. The Bertz CT molecular complexity index is 691. The fourth-order valence-electron chi connectivity index (χ4n) is 4.76. The molecule has 0 radical (unpaired) electrons. The van der Waals surface area contributed by atoms with Crippen molar-refractivity contribution in [3.63, 3.8) is 0 Å². The summed E-state index contributed by atoms with van der Waals surface area (Å²) < 4.78 is 18.6. The number of benzene rings is 1. The first-order valence-corrected chi connectivity index (χ1v) is 13.9. The number of halogens is 1. The number of likely N-dealkylation sites (tertiary alicyclic amines) is 1. The molecule has 0 aliphatic carbocycles. The average Bonchev–Trinajstić information content (AvgIpc) is 3.34. The van der Waals surface area contributed by atoms with Gasteiger partial charge in [-0.3, -0.25) is 4.79 Å². The standard InChI is InChI=1S/C29H46FNO3/c1-2-3-4-5-6-7-8-9-10-11-12-13-14-15-16-24-34-29(33)27-18-17-23-31(27)28(32)25-19-21-26(30)22-20-25/h19-22,27H,2-18,23-24H2,1H3. The fourth-order valence-corrected chi connectivity index (χ4v) is 4.76. The van der Waals surface area contributed by atoms with Gasteiger partial charge in [0.05, 0.1) is 6.61 Å². The summed E-state index contributed by atoms with van der Waals surface area (Å²) in [6, 6.07) is 4.95. The van der Waals surface area contributed by atoms with Gasteiger partial charge in [0.2, 0.25) is 0 Å². The van der Waals surface area contributed by atoms with E-state index in [4.69, 9.17) is 4.74 Å². The van der Waals surface area contributed by atoms with Crippen molar-refractivity contribution in [1.29, 1.82) is 0 Å². The van der Waals surface area contributed by atoms with Crippen molar-refractivity contribution in [2.45, 2.75) is 122 Å². The second-order valence-electron chi connectivity index (χ2n) is 9.78. The molecule has 1 heterocycles. The summed E-state index contributed by atoms with van der Waals surface area (Å²) >= 11 is 0. The molecule has 0 spiro atoms. The Balaban J connectivity index is 1.45. The van der Waals surface area contributed by atoms with Gasteiger partial charge in [-0.1, -0.05) is 96.8 Å². The summed E-state index contributed by atoms with van der Waals surface area (Å²) in [7, 11) is 0. The molecule has 0 N–H and O–H groups in total. The van der Waals surface area contributed by atoms with E-state index in [0.29, 0.717) is 25.1 Å². The third-order valence-electron chi connectivity index (χ3n) is 6.87. The van der Waals surface area contributed by atoms with Crippen molar-refractivity contribution in [2.24, 2.45) is 0 Å². The minimum absolute atomic E-state index is 0.230. The third kappa shape index (κ3) is 11.0. The van der Waals surface area contributed by atoms with Crippen LogP contribution in [0.5, 0.6) is 0 Å². The number of hydrogen-bond donors (Lipinski definition) is 0. The molecule has 0 aromatic heterocycles. The molecule has 4 nitrogen and oxygen atoms in total. The zero-order valence-electron chi connectivity index (χ0n) is 21.4. The molecule has 1 amide bonds. The zero-order chi connectivity index (χ0) is 24.4. The van der Waals surface area contributed by atoms with Gasteiger partial charge in [0.1, 0.15) is 11.9 Å². The summed E-state index contributed by atoms with van der Waals surface area (Å²) in [5, 5.41) is 0. The molecule has 1 aromatic carbocycles. The Labute approximate surface area is 206 Å². The molecule has 1 atom stereocenters. The van der Waals surface area contributed by atoms with Crippen molar-refractivity contribution in [3.05, 3.63) is 35.6 Å². The van der Waals surface area contributed by atoms with Gasteiger partial charge in [-0.25, -0.2) is 9.18 Å². The molecule has 1 aliphatic rings. The van der Waals surface area contributed by atoms with Crippen LogP contribution in [0.2, 0.25) is 0 Å². The number of carbonyl (C=O) groups excluding carboxylic acids is 2. The van der Waals surface area contributed by atoms with Crippen LogP contribution in [-0.4, -0.2) is 36.0 Å². The van der Waals surface area contributed by atoms with Crippen LogP contribution in [0.25, 0.3) is 0 Å². The summed E-state index contributed by atoms with van der Waals surface area (Å²) in [5.41, 5.74) is 0.406. The van der Waals surface area contributed by atoms with Gasteiger partial charge in [0.25, 0.3) is 5.91 Å². The summed E-state index contributed by atoms with van der Waals surface area (Å²) in [6.07, 6.45) is 20.9. The van der Waals surface area contributed by atoms with Gasteiger partial charge in [-0.15, -0.1) is 0 Å². The Kier molecular flexibility index (Phi) is 14.6. The van der Waals surface area contributed by atoms with Crippen LogP contribution in [0.15, 0.2) is 24.3 Å². The van der Waals surface area contributed by atoms with E-state index in [9.17, 15) is 14.0 Å². The Morgan fingerprint density at radius 3 is 1.85 bits per heavy atom. The third-order valence-corrected chi connectivity index (χ3v) is 6.87. The molecule has 2 rings (SSSR count). The van der Waals surface area contributed by atoms with E-state index < -0.39 is 6.04 Å². The highest BCUT2D eigenvalue weighted by atomic mass is 19.1. The van der Waals surface area contributed by atoms with Gasteiger partial charge >= 0.3 is 5.97 Å². The van der Waals surface area contributed by atoms with Gasteiger partial charge in [0.15, 0.2) is 0 Å². The van der Waals surface area contributed by atoms with E-state index in [-0.39, 0.29) is 17.7 Å². The predicted molar refractivity (Wildman–Crippen MR) is 136 cm³/mol. The minimum Gasteiger partial charge on any atom is -0.464 e. The quantitative estimate of drug-likeness (QED) is 0.160. The highest BCUT2D eigenvalue weighted by Gasteiger charge is 2.35. The molecule has 1 aliphatic heterocycles. The van der Waals surface area contributed by atoms with E-state index in [0.717, 1.165) is 19.3 Å². The molecule has 1 saturated heterocycles. The molecule has 5 heteroatoms. The summed E-state index contributed by atoms with van der Waals surface area (Å²) in [5.74, 6) is -0.915. The number of ether oxygens (including phenoxy) is 1. The van der Waals surface area contributed by atoms with Crippen LogP contribution < -0.4 is 0 Å². The maximum atomic E-state index is 13.1. The van der Waals surface area contributed by atoms with Crippen LogP contribution in [0.3, 0.4) is 0 Å². The normalized spacial score (nSPS) is 15.6. The Morgan fingerprint density at radius 1 is 0.824 bits per heavy atom. The van der Waals surface area contributed by atoms with Gasteiger partial charge < -0.3 is 9.64 Å². The minimum atomic E-state index is -0.520. The van der Waals surface area contributed by atoms with E-state index in [1.807, 2.05) is 0 Å². The number of unbranched alkanes of at least 4 members (excludes halogenated alkanes) is 14. The SMILES string of the molecule is CCCCCCCCCCCCCCCCCOC(=O)C1CCCN1C(=O)c1ccc(F)cc1. The average molecular weight is 476 g/mol. The number of hydrogen-bond acceptors (Lipinski definition) is 3. The summed E-state index contributed by atoms with van der Waals surface area (Å²) in [4.78, 5) is 26.8. The predicted octanol–water partition coefficient (Wildman–Crippen LogP) is 7.84. The van der Waals surface area contributed by atoms with Gasteiger partial charge in [-0.2, -0.15) is 0 Å². The molecule has 0 bridgehead atoms. The van der Waals surface area contributed by atoms with Crippen LogP contribution in [0, 0.1) is 5.82 Å². The van der Waals surface area contributed by atoms with E-state index in [1.165, 1.54) is 108 Å². The molecule has 1 fully saturated rings. The van der Waals surface area contributed by atoms with Crippen molar-refractivity contribution in [2.75, 3.05) is 13.2 Å². The molecule has 34 heavy (non-hydrogen) atoms. The lowest BCUT2D eigenvalue weighted by molar-refractivity contribution is -0.148. The lowest BCUT2D eigenvalue weighted by Crippen LogP contribution is -2.41. The van der Waals surface area contributed by atoms with E-state index in [1.54, 1.807) is 4.90 Å². The van der Waals surface area contributed by atoms with Crippen molar-refractivity contribution >= 4 is 11.9 Å². The number of nitrogens with zero attached hydrogens (tertiary/aromatic N) is 1. The fraction of sp³-hybridized carbons (Fsp3) is 0.724. The van der Waals surface area contributed by atoms with Gasteiger partial charge in [-0.05, 0) is 43.5 Å². The zero-order valence-corrected chi connectivity index (χ0v) is 21.4. The van der Waals surface area contributed by atoms with Crippen molar-refractivity contribution in [1.82, 2.24) is 4.90 Å². The second-order valence-corrected chi connectivity index (χ2v) is 9.78. The highest BCUT2D eigenvalue weighted by molar-refractivity contribution is 5.97. The summed E-state index contributed by atoms with van der Waals surface area (Å²) in [6.45, 7) is 3.23. The maximum absolute atomic E-state index is 13.1. The van der Waals surface area contributed by atoms with Crippen LogP contribution in [0.4, 0.5) is 4.39 Å². The molecule has 0 saturated carbocycles. The van der Waals surface area contributed by atoms with Crippen LogP contribution in [-0.2, 0) is 9.53 Å². The van der Waals surface area contributed by atoms with Crippen LogP contribution in [0.1, 0.15) is 126 Å².